The molecule has 3 nitrogen and oxygen atoms in total. The number of thiophene rings is 1. The van der Waals surface area contributed by atoms with E-state index in [1.54, 1.807) is 16.2 Å². The molecule has 0 saturated carbocycles. The van der Waals surface area contributed by atoms with E-state index in [9.17, 15) is 4.79 Å². The summed E-state index contributed by atoms with van der Waals surface area (Å²) in [7, 11) is 1.86. The maximum absolute atomic E-state index is 11.7. The fraction of sp³-hybridized carbons (Fsp3) is 0.583. The molecule has 0 atom stereocenters. The average Bonchev–Trinajstić information content (AvgIpc) is 2.75. The normalized spacial score (nSPS) is 10.8. The summed E-state index contributed by atoms with van der Waals surface area (Å²) in [4.78, 5) is 14.8. The van der Waals surface area contributed by atoms with E-state index in [4.69, 9.17) is 0 Å². The number of carbonyl (C=O) groups is 1. The van der Waals surface area contributed by atoms with Crippen molar-refractivity contribution in [3.05, 3.63) is 22.4 Å². The summed E-state index contributed by atoms with van der Waals surface area (Å²) in [6, 6.07) is 4.51. The van der Waals surface area contributed by atoms with Gasteiger partial charge in [-0.1, -0.05) is 19.9 Å². The summed E-state index contributed by atoms with van der Waals surface area (Å²) in [6.45, 7) is 5.30. The van der Waals surface area contributed by atoms with Gasteiger partial charge in [0.1, 0.15) is 0 Å². The van der Waals surface area contributed by atoms with Crippen molar-refractivity contribution in [1.29, 1.82) is 0 Å². The highest BCUT2D eigenvalue weighted by Crippen LogP contribution is 2.09. The Labute approximate surface area is 101 Å². The second-order valence-corrected chi connectivity index (χ2v) is 5.21. The predicted octanol–water partition coefficient (Wildman–Crippen LogP) is 1.75. The molecule has 4 heteroatoms. The molecule has 0 aliphatic rings. The molecule has 0 radical (unpaired) electrons. The van der Waals surface area contributed by atoms with E-state index >= 15 is 0 Å². The molecule has 1 amide bonds. The predicted molar refractivity (Wildman–Crippen MR) is 68.8 cm³/mol. The summed E-state index contributed by atoms with van der Waals surface area (Å²) < 4.78 is 0. The van der Waals surface area contributed by atoms with Crippen molar-refractivity contribution in [2.75, 3.05) is 20.1 Å². The van der Waals surface area contributed by atoms with Gasteiger partial charge in [0.2, 0.25) is 5.91 Å². The molecule has 0 fully saturated rings. The molecule has 1 rings (SSSR count). The number of hydrogen-bond acceptors (Lipinski definition) is 3. The summed E-state index contributed by atoms with van der Waals surface area (Å²) in [5.74, 6) is 0.158. The molecule has 0 saturated heterocycles. The Morgan fingerprint density at radius 3 is 2.88 bits per heavy atom. The molecule has 1 aromatic rings. The molecule has 90 valence electrons. The van der Waals surface area contributed by atoms with E-state index in [-0.39, 0.29) is 5.91 Å². The van der Waals surface area contributed by atoms with Gasteiger partial charge < -0.3 is 10.2 Å². The summed E-state index contributed by atoms with van der Waals surface area (Å²) in [5, 5.41) is 5.20. The number of likely N-dealkylation sites (N-methyl/N-ethyl adjacent to an activating group) is 1. The lowest BCUT2D eigenvalue weighted by Gasteiger charge is -2.18. The molecule has 0 aliphatic heterocycles. The Kier molecular flexibility index (Phi) is 5.49. The SMILES string of the molecule is CC(C)NCC(=O)N(C)CCc1cccs1. The van der Waals surface area contributed by atoms with Gasteiger partial charge in [-0.05, 0) is 17.9 Å². The third kappa shape index (κ3) is 4.77. The van der Waals surface area contributed by atoms with Crippen LogP contribution >= 0.6 is 11.3 Å². The lowest BCUT2D eigenvalue weighted by atomic mass is 10.3. The van der Waals surface area contributed by atoms with E-state index in [0.717, 1.165) is 13.0 Å². The maximum Gasteiger partial charge on any atom is 0.236 e. The van der Waals surface area contributed by atoms with Crippen molar-refractivity contribution < 1.29 is 4.79 Å². The average molecular weight is 240 g/mol. The van der Waals surface area contributed by atoms with Crippen molar-refractivity contribution >= 4 is 17.2 Å². The van der Waals surface area contributed by atoms with Crippen molar-refractivity contribution in [3.8, 4) is 0 Å². The van der Waals surface area contributed by atoms with Gasteiger partial charge in [0.25, 0.3) is 0 Å². The van der Waals surface area contributed by atoms with Gasteiger partial charge in [-0.3, -0.25) is 4.79 Å². The molecule has 0 bridgehead atoms. The number of nitrogens with one attached hydrogen (secondary N) is 1. The Hall–Kier alpha value is -0.870. The zero-order chi connectivity index (χ0) is 12.0. The Morgan fingerprint density at radius 1 is 1.56 bits per heavy atom. The van der Waals surface area contributed by atoms with Crippen LogP contribution in [0.4, 0.5) is 0 Å². The first-order chi connectivity index (χ1) is 7.59. The minimum absolute atomic E-state index is 0.158. The van der Waals surface area contributed by atoms with Crippen molar-refractivity contribution in [1.82, 2.24) is 10.2 Å². The molecule has 0 aliphatic carbocycles. The van der Waals surface area contributed by atoms with Crippen LogP contribution in [0, 0.1) is 0 Å². The molecule has 16 heavy (non-hydrogen) atoms. The molecular weight excluding hydrogens is 220 g/mol. The van der Waals surface area contributed by atoms with Crippen LogP contribution in [0.3, 0.4) is 0 Å². The standard InChI is InChI=1S/C12H20N2OS/c1-10(2)13-9-12(15)14(3)7-6-11-5-4-8-16-11/h4-5,8,10,13H,6-7,9H2,1-3H3. The lowest BCUT2D eigenvalue weighted by molar-refractivity contribution is -0.129. The first-order valence-electron chi connectivity index (χ1n) is 5.59. The second kappa shape index (κ2) is 6.66. The van der Waals surface area contributed by atoms with Crippen LogP contribution in [0.15, 0.2) is 17.5 Å². The smallest absolute Gasteiger partial charge is 0.236 e. The number of carbonyl (C=O) groups excluding carboxylic acids is 1. The van der Waals surface area contributed by atoms with Crippen molar-refractivity contribution in [3.63, 3.8) is 0 Å². The second-order valence-electron chi connectivity index (χ2n) is 4.18. The van der Waals surface area contributed by atoms with Crippen LogP contribution in [0.1, 0.15) is 18.7 Å². The van der Waals surface area contributed by atoms with Crippen LogP contribution < -0.4 is 5.32 Å². The van der Waals surface area contributed by atoms with Crippen LogP contribution in [-0.4, -0.2) is 37.0 Å². The zero-order valence-electron chi connectivity index (χ0n) is 10.2. The van der Waals surface area contributed by atoms with Gasteiger partial charge in [0.05, 0.1) is 6.54 Å². The maximum atomic E-state index is 11.7. The van der Waals surface area contributed by atoms with Gasteiger partial charge in [-0.2, -0.15) is 0 Å². The van der Waals surface area contributed by atoms with Gasteiger partial charge in [-0.25, -0.2) is 0 Å². The largest absolute Gasteiger partial charge is 0.344 e. The summed E-state index contributed by atoms with van der Waals surface area (Å²) in [6.07, 6.45) is 0.946. The number of rotatable bonds is 6. The van der Waals surface area contributed by atoms with Crippen LogP contribution in [0.25, 0.3) is 0 Å². The minimum atomic E-state index is 0.158. The first kappa shape index (κ1) is 13.2. The first-order valence-corrected chi connectivity index (χ1v) is 6.47. The lowest BCUT2D eigenvalue weighted by Crippen LogP contribution is -2.38. The highest BCUT2D eigenvalue weighted by Gasteiger charge is 2.08. The Morgan fingerprint density at radius 2 is 2.31 bits per heavy atom. The molecular formula is C12H20N2OS. The van der Waals surface area contributed by atoms with Gasteiger partial charge in [-0.15, -0.1) is 11.3 Å². The molecule has 1 N–H and O–H groups in total. The topological polar surface area (TPSA) is 32.3 Å². The highest BCUT2D eigenvalue weighted by atomic mass is 32.1. The number of nitrogens with zero attached hydrogens (tertiary/aromatic N) is 1. The molecule has 0 spiro atoms. The van der Waals surface area contributed by atoms with Gasteiger partial charge in [0.15, 0.2) is 0 Å². The summed E-state index contributed by atoms with van der Waals surface area (Å²) >= 11 is 1.74. The van der Waals surface area contributed by atoms with Crippen molar-refractivity contribution in [2.24, 2.45) is 0 Å². The van der Waals surface area contributed by atoms with Gasteiger partial charge in [0, 0.05) is 24.5 Å². The molecule has 1 heterocycles. The van der Waals surface area contributed by atoms with E-state index < -0.39 is 0 Å². The molecule has 1 aromatic heterocycles. The van der Waals surface area contributed by atoms with E-state index in [0.29, 0.717) is 12.6 Å². The number of hydrogen-bond donors (Lipinski definition) is 1. The highest BCUT2D eigenvalue weighted by molar-refractivity contribution is 7.09. The minimum Gasteiger partial charge on any atom is -0.344 e. The monoisotopic (exact) mass is 240 g/mol. The fourth-order valence-corrected chi connectivity index (χ4v) is 1.98. The van der Waals surface area contributed by atoms with E-state index in [1.807, 2.05) is 27.0 Å². The Bertz CT molecular complexity index is 309. The Balaban J connectivity index is 2.23. The van der Waals surface area contributed by atoms with E-state index in [2.05, 4.69) is 16.8 Å². The van der Waals surface area contributed by atoms with Crippen LogP contribution in [-0.2, 0) is 11.2 Å². The number of amides is 1. The molecule has 0 unspecified atom stereocenters. The summed E-state index contributed by atoms with van der Waals surface area (Å²) in [5.41, 5.74) is 0. The third-order valence-electron chi connectivity index (χ3n) is 2.36. The fourth-order valence-electron chi connectivity index (χ4n) is 1.28. The van der Waals surface area contributed by atoms with Gasteiger partial charge >= 0.3 is 0 Å². The van der Waals surface area contributed by atoms with Crippen LogP contribution in [0.2, 0.25) is 0 Å². The third-order valence-corrected chi connectivity index (χ3v) is 3.30. The quantitative estimate of drug-likeness (QED) is 0.821. The van der Waals surface area contributed by atoms with Crippen LogP contribution in [0.5, 0.6) is 0 Å². The molecule has 0 aromatic carbocycles. The van der Waals surface area contributed by atoms with Crippen molar-refractivity contribution in [2.45, 2.75) is 26.3 Å². The zero-order valence-corrected chi connectivity index (χ0v) is 11.0. The van der Waals surface area contributed by atoms with E-state index in [1.165, 1.54) is 4.88 Å².